The van der Waals surface area contributed by atoms with Gasteiger partial charge in [-0.15, -0.1) is 11.3 Å². The summed E-state index contributed by atoms with van der Waals surface area (Å²) < 4.78 is 5.34. The number of benzene rings is 1. The summed E-state index contributed by atoms with van der Waals surface area (Å²) >= 11 is 1.78. The Bertz CT molecular complexity index is 567. The summed E-state index contributed by atoms with van der Waals surface area (Å²) in [6.07, 6.45) is 1.01. The minimum Gasteiger partial charge on any atom is -0.496 e. The smallest absolute Gasteiger partial charge is 0.191 e. The number of hydrogen-bond acceptors (Lipinski definition) is 3. The number of nitrogens with zero attached hydrogens (tertiary/aromatic N) is 1. The van der Waals surface area contributed by atoms with Crippen LogP contribution in [0.3, 0.4) is 0 Å². The van der Waals surface area contributed by atoms with Gasteiger partial charge in [0.05, 0.1) is 7.11 Å². The first-order valence-electron chi connectivity index (χ1n) is 6.92. The average molecular weight is 303 g/mol. The van der Waals surface area contributed by atoms with Gasteiger partial charge in [-0.3, -0.25) is 4.99 Å². The van der Waals surface area contributed by atoms with Crippen molar-refractivity contribution in [3.63, 3.8) is 0 Å². The molecule has 0 atom stereocenters. The molecule has 0 radical (unpaired) electrons. The number of guanidine groups is 1. The van der Waals surface area contributed by atoms with E-state index in [1.807, 2.05) is 24.3 Å². The molecule has 5 heteroatoms. The molecule has 0 fully saturated rings. The Hall–Kier alpha value is -2.01. The number of aliphatic imine (C=N–C) groups is 1. The van der Waals surface area contributed by atoms with Gasteiger partial charge in [0, 0.05) is 30.6 Å². The van der Waals surface area contributed by atoms with Crippen LogP contribution in [0.15, 0.2) is 46.8 Å². The molecule has 2 rings (SSSR count). The van der Waals surface area contributed by atoms with Crippen LogP contribution in [0.5, 0.6) is 5.75 Å². The minimum absolute atomic E-state index is 0.683. The van der Waals surface area contributed by atoms with E-state index in [4.69, 9.17) is 4.74 Å². The second-order valence-corrected chi connectivity index (χ2v) is 5.53. The number of ether oxygens (including phenoxy) is 1. The summed E-state index contributed by atoms with van der Waals surface area (Å²) in [6.45, 7) is 1.55. The van der Waals surface area contributed by atoms with E-state index in [-0.39, 0.29) is 0 Å². The molecule has 0 aliphatic carbocycles. The summed E-state index contributed by atoms with van der Waals surface area (Å²) in [5.74, 6) is 1.69. The highest BCUT2D eigenvalue weighted by Crippen LogP contribution is 2.16. The number of rotatable bonds is 6. The SMILES string of the molecule is CN=C(NCCc1cccs1)NCc1ccccc1OC. The number of nitrogens with one attached hydrogen (secondary N) is 2. The van der Waals surface area contributed by atoms with Crippen molar-refractivity contribution in [2.45, 2.75) is 13.0 Å². The zero-order valence-corrected chi connectivity index (χ0v) is 13.2. The quantitative estimate of drug-likeness (QED) is 0.637. The van der Waals surface area contributed by atoms with Gasteiger partial charge < -0.3 is 15.4 Å². The predicted molar refractivity (Wildman–Crippen MR) is 89.2 cm³/mol. The van der Waals surface area contributed by atoms with Gasteiger partial charge in [-0.25, -0.2) is 0 Å². The van der Waals surface area contributed by atoms with Crippen molar-refractivity contribution in [3.05, 3.63) is 52.2 Å². The zero-order valence-electron chi connectivity index (χ0n) is 12.4. The second kappa shape index (κ2) is 8.32. The van der Waals surface area contributed by atoms with E-state index in [0.717, 1.165) is 30.2 Å². The van der Waals surface area contributed by atoms with Crippen LogP contribution in [-0.4, -0.2) is 26.7 Å². The fraction of sp³-hybridized carbons (Fsp3) is 0.312. The molecule has 0 saturated heterocycles. The Labute approximate surface area is 129 Å². The maximum absolute atomic E-state index is 5.34. The molecule has 0 unspecified atom stereocenters. The molecule has 0 saturated carbocycles. The van der Waals surface area contributed by atoms with Gasteiger partial charge in [-0.2, -0.15) is 0 Å². The van der Waals surface area contributed by atoms with Gasteiger partial charge in [0.25, 0.3) is 0 Å². The van der Waals surface area contributed by atoms with Gasteiger partial charge in [0.15, 0.2) is 5.96 Å². The Kier molecular flexibility index (Phi) is 6.09. The minimum atomic E-state index is 0.683. The summed E-state index contributed by atoms with van der Waals surface area (Å²) in [5, 5.41) is 8.72. The van der Waals surface area contributed by atoms with Crippen LogP contribution in [0.2, 0.25) is 0 Å². The first-order chi connectivity index (χ1) is 10.3. The molecule has 2 N–H and O–H groups in total. The lowest BCUT2D eigenvalue weighted by Crippen LogP contribution is -2.37. The number of para-hydroxylation sites is 1. The van der Waals surface area contributed by atoms with Crippen LogP contribution in [0.25, 0.3) is 0 Å². The van der Waals surface area contributed by atoms with Gasteiger partial charge in [-0.05, 0) is 23.9 Å². The Balaban J connectivity index is 1.80. The molecule has 112 valence electrons. The summed E-state index contributed by atoms with van der Waals surface area (Å²) in [7, 11) is 3.47. The summed E-state index contributed by atoms with van der Waals surface area (Å²) in [6, 6.07) is 12.2. The summed E-state index contributed by atoms with van der Waals surface area (Å²) in [4.78, 5) is 5.61. The van der Waals surface area contributed by atoms with Gasteiger partial charge >= 0.3 is 0 Å². The van der Waals surface area contributed by atoms with Crippen LogP contribution in [0, 0.1) is 0 Å². The van der Waals surface area contributed by atoms with Crippen LogP contribution in [-0.2, 0) is 13.0 Å². The highest BCUT2D eigenvalue weighted by molar-refractivity contribution is 7.09. The van der Waals surface area contributed by atoms with Crippen molar-refractivity contribution < 1.29 is 4.74 Å². The molecule has 0 amide bonds. The van der Waals surface area contributed by atoms with Crippen molar-refractivity contribution in [1.29, 1.82) is 0 Å². The maximum atomic E-state index is 5.34. The monoisotopic (exact) mass is 303 g/mol. The van der Waals surface area contributed by atoms with Crippen LogP contribution in [0.4, 0.5) is 0 Å². The molecular formula is C16H21N3OS. The third kappa shape index (κ3) is 4.79. The normalized spacial score (nSPS) is 11.2. The molecule has 0 aliphatic rings. The largest absolute Gasteiger partial charge is 0.496 e. The van der Waals surface area contributed by atoms with Crippen LogP contribution in [0.1, 0.15) is 10.4 Å². The molecule has 0 aliphatic heterocycles. The standard InChI is InChI=1S/C16H21N3OS/c1-17-16(18-10-9-14-7-5-11-21-14)19-12-13-6-3-4-8-15(13)20-2/h3-8,11H,9-10,12H2,1-2H3,(H2,17,18,19). The molecule has 1 aromatic carbocycles. The summed E-state index contributed by atoms with van der Waals surface area (Å²) in [5.41, 5.74) is 1.11. The van der Waals surface area contributed by atoms with Gasteiger partial charge in [-0.1, -0.05) is 24.3 Å². The van der Waals surface area contributed by atoms with Crippen LogP contribution >= 0.6 is 11.3 Å². The molecular weight excluding hydrogens is 282 g/mol. The van der Waals surface area contributed by atoms with Crippen molar-refractivity contribution >= 4 is 17.3 Å². The van der Waals surface area contributed by atoms with E-state index >= 15 is 0 Å². The van der Waals surface area contributed by atoms with Crippen molar-refractivity contribution in [2.24, 2.45) is 4.99 Å². The molecule has 0 bridgehead atoms. The van der Waals surface area contributed by atoms with E-state index in [1.54, 1.807) is 25.5 Å². The highest BCUT2D eigenvalue weighted by atomic mass is 32.1. The molecule has 0 spiro atoms. The first-order valence-corrected chi connectivity index (χ1v) is 7.80. The second-order valence-electron chi connectivity index (χ2n) is 4.49. The van der Waals surface area contributed by atoms with Crippen molar-refractivity contribution in [1.82, 2.24) is 10.6 Å². The van der Waals surface area contributed by atoms with E-state index in [0.29, 0.717) is 6.54 Å². The van der Waals surface area contributed by atoms with E-state index in [9.17, 15) is 0 Å². The van der Waals surface area contributed by atoms with Crippen molar-refractivity contribution in [2.75, 3.05) is 20.7 Å². The lowest BCUT2D eigenvalue weighted by Gasteiger charge is -2.13. The third-order valence-corrected chi connectivity index (χ3v) is 4.04. The number of methoxy groups -OCH3 is 1. The van der Waals surface area contributed by atoms with Crippen molar-refractivity contribution in [3.8, 4) is 5.75 Å². The lowest BCUT2D eigenvalue weighted by molar-refractivity contribution is 0.409. The Morgan fingerprint density at radius 2 is 2.05 bits per heavy atom. The number of thiophene rings is 1. The zero-order chi connectivity index (χ0) is 14.9. The Morgan fingerprint density at radius 3 is 2.76 bits per heavy atom. The Morgan fingerprint density at radius 1 is 1.19 bits per heavy atom. The molecule has 21 heavy (non-hydrogen) atoms. The van der Waals surface area contributed by atoms with E-state index in [1.165, 1.54) is 4.88 Å². The molecule has 1 heterocycles. The molecule has 2 aromatic rings. The molecule has 4 nitrogen and oxygen atoms in total. The average Bonchev–Trinajstić information content (AvgIpc) is 3.04. The topological polar surface area (TPSA) is 45.7 Å². The fourth-order valence-electron chi connectivity index (χ4n) is 2.01. The van der Waals surface area contributed by atoms with Crippen LogP contribution < -0.4 is 15.4 Å². The maximum Gasteiger partial charge on any atom is 0.191 e. The molecule has 1 aromatic heterocycles. The van der Waals surface area contributed by atoms with E-state index < -0.39 is 0 Å². The highest BCUT2D eigenvalue weighted by Gasteiger charge is 2.03. The van der Waals surface area contributed by atoms with Gasteiger partial charge in [0.2, 0.25) is 0 Å². The lowest BCUT2D eigenvalue weighted by atomic mass is 10.2. The third-order valence-electron chi connectivity index (χ3n) is 3.11. The van der Waals surface area contributed by atoms with E-state index in [2.05, 4.69) is 33.1 Å². The van der Waals surface area contributed by atoms with Gasteiger partial charge in [0.1, 0.15) is 5.75 Å². The fourth-order valence-corrected chi connectivity index (χ4v) is 2.72. The number of hydrogen-bond donors (Lipinski definition) is 2. The first kappa shape index (κ1) is 15.4. The predicted octanol–water partition coefficient (Wildman–Crippen LogP) is 2.66.